The van der Waals surface area contributed by atoms with Gasteiger partial charge in [-0.1, -0.05) is 39.8 Å². The molecule has 3 heterocycles. The van der Waals surface area contributed by atoms with Crippen molar-refractivity contribution in [1.82, 2.24) is 9.80 Å². The Balaban J connectivity index is 1.87. The average molecular weight is 582 g/mol. The number of carbonyl (C=O) groups excluding carboxylic acids is 3. The first-order valence-corrected chi connectivity index (χ1v) is 15.2. The van der Waals surface area contributed by atoms with Gasteiger partial charge in [0, 0.05) is 25.3 Å². The molecule has 1 aromatic rings. The van der Waals surface area contributed by atoms with E-state index in [0.717, 1.165) is 6.42 Å². The van der Waals surface area contributed by atoms with Crippen molar-refractivity contribution in [2.75, 3.05) is 38.3 Å². The molecule has 42 heavy (non-hydrogen) atoms. The number of benzene rings is 1. The molecule has 2 unspecified atom stereocenters. The highest BCUT2D eigenvalue weighted by Gasteiger charge is 2.79. The smallest absolute Gasteiger partial charge is 0.253 e. The maximum atomic E-state index is 14.8. The number of amides is 3. The van der Waals surface area contributed by atoms with Crippen LogP contribution in [-0.4, -0.2) is 89.3 Å². The Morgan fingerprint density at radius 1 is 1.14 bits per heavy atom. The fourth-order valence-corrected chi connectivity index (χ4v) is 7.56. The fraction of sp³-hybridized carbons (Fsp3) is 0.606. The quantitative estimate of drug-likeness (QED) is 0.336. The second-order valence-electron chi connectivity index (χ2n) is 12.1. The van der Waals surface area contributed by atoms with Gasteiger partial charge in [0.1, 0.15) is 17.4 Å². The summed E-state index contributed by atoms with van der Waals surface area (Å²) in [6, 6.07) is 5.52. The van der Waals surface area contributed by atoms with Crippen LogP contribution in [-0.2, 0) is 19.1 Å². The van der Waals surface area contributed by atoms with Crippen LogP contribution in [0.4, 0.5) is 5.69 Å². The molecule has 0 saturated carbocycles. The summed E-state index contributed by atoms with van der Waals surface area (Å²) in [4.78, 5) is 48.7. The molecule has 230 valence electrons. The van der Waals surface area contributed by atoms with Crippen molar-refractivity contribution in [2.24, 2.45) is 17.8 Å². The first kappa shape index (κ1) is 31.8. The molecule has 1 N–H and O–H groups in total. The molecule has 3 saturated heterocycles. The molecule has 1 spiro atoms. The lowest BCUT2D eigenvalue weighted by Crippen LogP contribution is -2.60. The number of anilines is 1. The summed E-state index contributed by atoms with van der Waals surface area (Å²) in [6.07, 6.45) is 5.71. The number of methoxy groups -OCH3 is 1. The number of fused-ring (bicyclic) bond motifs is 1. The number of hydrogen-bond donors (Lipinski definition) is 1. The Bertz CT molecular complexity index is 1180. The zero-order valence-corrected chi connectivity index (χ0v) is 25.8. The molecule has 3 fully saturated rings. The van der Waals surface area contributed by atoms with Gasteiger partial charge >= 0.3 is 0 Å². The maximum Gasteiger partial charge on any atom is 0.253 e. The molecule has 3 aliphatic rings. The Labute approximate surface area is 250 Å². The van der Waals surface area contributed by atoms with Crippen molar-refractivity contribution in [1.29, 1.82) is 0 Å². The van der Waals surface area contributed by atoms with E-state index in [0.29, 0.717) is 43.8 Å². The molecule has 9 nitrogen and oxygen atoms in total. The highest BCUT2D eigenvalue weighted by Crippen LogP contribution is 2.65. The number of rotatable bonds is 14. The van der Waals surface area contributed by atoms with Crippen LogP contribution in [0.1, 0.15) is 53.4 Å². The second kappa shape index (κ2) is 12.6. The lowest BCUT2D eigenvalue weighted by Gasteiger charge is -2.40. The van der Waals surface area contributed by atoms with E-state index >= 15 is 0 Å². The number of nitrogens with zero attached hydrogens (tertiary/aromatic N) is 3. The van der Waals surface area contributed by atoms with Crippen molar-refractivity contribution < 1.29 is 29.0 Å². The maximum absolute atomic E-state index is 14.8. The molecular formula is C33H47N3O6. The summed E-state index contributed by atoms with van der Waals surface area (Å²) < 4.78 is 12.3. The predicted molar refractivity (Wildman–Crippen MR) is 162 cm³/mol. The van der Waals surface area contributed by atoms with E-state index in [1.807, 2.05) is 27.7 Å². The Kier molecular flexibility index (Phi) is 9.52. The molecule has 0 aliphatic carbocycles. The van der Waals surface area contributed by atoms with Gasteiger partial charge in [0.15, 0.2) is 0 Å². The molecule has 0 aromatic heterocycles. The molecule has 1 aromatic carbocycles. The van der Waals surface area contributed by atoms with E-state index in [-0.39, 0.29) is 36.8 Å². The number of hydrogen-bond acceptors (Lipinski definition) is 6. The SMILES string of the molecule is C=CCN(CCC)C(=O)[C@H]1[C@H]2C(=O)N([C@@H](CO)C(C)C)C(C(=O)N(CC=C)c3ccc(OC)cc3)C23CC[C@]1(CC)O3. The zero-order valence-electron chi connectivity index (χ0n) is 25.8. The van der Waals surface area contributed by atoms with Crippen molar-refractivity contribution in [3.8, 4) is 5.75 Å². The van der Waals surface area contributed by atoms with Crippen molar-refractivity contribution in [3.63, 3.8) is 0 Å². The minimum atomic E-state index is -1.19. The summed E-state index contributed by atoms with van der Waals surface area (Å²) >= 11 is 0. The van der Waals surface area contributed by atoms with Gasteiger partial charge in [-0.3, -0.25) is 14.4 Å². The standard InChI is InChI=1S/C33H47N3O6/c1-8-18-34(19-9-2)29(38)26-27-30(39)36(25(21-37)22(5)6)28(33(27)17-16-32(26,11-4)42-33)31(40)35(20-10-3)23-12-14-24(41-7)15-13-23/h8,10,12-15,22,25-28,37H,1,3,9,11,16-21H2,2,4-7H3/t25-,26+,27-,28?,32-,33?/m0/s1. The number of likely N-dealkylation sites (tertiary alicyclic amines) is 1. The van der Waals surface area contributed by atoms with Gasteiger partial charge in [-0.2, -0.15) is 0 Å². The van der Waals surface area contributed by atoms with Crippen LogP contribution < -0.4 is 9.64 Å². The molecule has 3 amide bonds. The van der Waals surface area contributed by atoms with Crippen LogP contribution in [0.5, 0.6) is 5.75 Å². The van der Waals surface area contributed by atoms with E-state index in [9.17, 15) is 19.5 Å². The van der Waals surface area contributed by atoms with Crippen LogP contribution in [0, 0.1) is 17.8 Å². The van der Waals surface area contributed by atoms with Gasteiger partial charge in [-0.15, -0.1) is 13.2 Å². The number of ether oxygens (including phenoxy) is 2. The van der Waals surface area contributed by atoms with E-state index in [4.69, 9.17) is 9.47 Å². The Morgan fingerprint density at radius 3 is 2.33 bits per heavy atom. The second-order valence-corrected chi connectivity index (χ2v) is 12.1. The molecular weight excluding hydrogens is 534 g/mol. The minimum Gasteiger partial charge on any atom is -0.497 e. The fourth-order valence-electron chi connectivity index (χ4n) is 7.56. The van der Waals surface area contributed by atoms with Crippen LogP contribution in [0.2, 0.25) is 0 Å². The van der Waals surface area contributed by atoms with Crippen LogP contribution >= 0.6 is 0 Å². The zero-order chi connectivity index (χ0) is 30.8. The van der Waals surface area contributed by atoms with Gasteiger partial charge < -0.3 is 29.3 Å². The van der Waals surface area contributed by atoms with Gasteiger partial charge in [0.2, 0.25) is 11.8 Å². The summed E-state index contributed by atoms with van der Waals surface area (Å²) in [5.41, 5.74) is -1.40. The molecule has 3 aliphatic heterocycles. The summed E-state index contributed by atoms with van der Waals surface area (Å²) in [5, 5.41) is 10.5. The van der Waals surface area contributed by atoms with E-state index in [1.54, 1.807) is 58.2 Å². The molecule has 2 bridgehead atoms. The van der Waals surface area contributed by atoms with Crippen molar-refractivity contribution >= 4 is 23.4 Å². The van der Waals surface area contributed by atoms with Gasteiger partial charge in [0.05, 0.1) is 37.2 Å². The molecule has 0 radical (unpaired) electrons. The topological polar surface area (TPSA) is 99.6 Å². The highest BCUT2D eigenvalue weighted by atomic mass is 16.5. The van der Waals surface area contributed by atoms with Crippen LogP contribution in [0.15, 0.2) is 49.6 Å². The summed E-state index contributed by atoms with van der Waals surface area (Å²) in [7, 11) is 1.58. The summed E-state index contributed by atoms with van der Waals surface area (Å²) in [6.45, 7) is 16.4. The average Bonchev–Trinajstić information content (AvgIpc) is 3.59. The number of aliphatic hydroxyl groups excluding tert-OH is 1. The van der Waals surface area contributed by atoms with Crippen molar-refractivity contribution in [2.45, 2.75) is 76.7 Å². The Hall–Kier alpha value is -3.17. The van der Waals surface area contributed by atoms with Crippen LogP contribution in [0.3, 0.4) is 0 Å². The van der Waals surface area contributed by atoms with Crippen LogP contribution in [0.25, 0.3) is 0 Å². The van der Waals surface area contributed by atoms with E-state index < -0.39 is 35.1 Å². The lowest BCUT2D eigenvalue weighted by atomic mass is 9.64. The normalized spacial score (nSPS) is 28.5. The third-order valence-corrected chi connectivity index (χ3v) is 9.55. The number of aliphatic hydroxyl groups is 1. The minimum absolute atomic E-state index is 0.130. The van der Waals surface area contributed by atoms with E-state index in [1.165, 1.54) is 0 Å². The van der Waals surface area contributed by atoms with Gasteiger partial charge in [-0.25, -0.2) is 0 Å². The third kappa shape index (κ3) is 4.94. The van der Waals surface area contributed by atoms with Gasteiger partial charge in [0.25, 0.3) is 5.91 Å². The molecule has 4 rings (SSSR count). The number of carbonyl (C=O) groups is 3. The molecule has 6 atom stereocenters. The first-order chi connectivity index (χ1) is 20.1. The van der Waals surface area contributed by atoms with Crippen molar-refractivity contribution in [3.05, 3.63) is 49.6 Å². The Morgan fingerprint density at radius 2 is 1.81 bits per heavy atom. The largest absolute Gasteiger partial charge is 0.497 e. The highest BCUT2D eigenvalue weighted by molar-refractivity contribution is 6.05. The van der Waals surface area contributed by atoms with E-state index in [2.05, 4.69) is 13.2 Å². The predicted octanol–water partition coefficient (Wildman–Crippen LogP) is 3.81. The van der Waals surface area contributed by atoms with Gasteiger partial charge in [-0.05, 0) is 55.9 Å². The summed E-state index contributed by atoms with van der Waals surface area (Å²) in [5.74, 6) is -1.77. The lowest BCUT2D eigenvalue weighted by molar-refractivity contribution is -0.154. The third-order valence-electron chi connectivity index (χ3n) is 9.55. The monoisotopic (exact) mass is 581 g/mol. The first-order valence-electron chi connectivity index (χ1n) is 15.2. The molecule has 9 heteroatoms.